The molecule has 68 valence electrons. The predicted octanol–water partition coefficient (Wildman–Crippen LogP) is 0.952. The Kier molecular flexibility index (Phi) is 2.92. The topological polar surface area (TPSA) is 38.8 Å². The third-order valence-electron chi connectivity index (χ3n) is 1.81. The van der Waals surface area contributed by atoms with Gasteiger partial charge in [-0.1, -0.05) is 5.92 Å². The lowest BCUT2D eigenvalue weighted by Crippen LogP contribution is -2.32. The second-order valence-electron chi connectivity index (χ2n) is 2.65. The fourth-order valence-corrected chi connectivity index (χ4v) is 2.39. The standard InChI is InChI=1S/C7H12NO3P/c1-4-7-5-8(2)12(9,10-3)11-6-7/h1,7H,5-6H2,2-3H3. The number of hydrogen-bond acceptors (Lipinski definition) is 3. The third kappa shape index (κ3) is 1.70. The molecule has 0 aromatic rings. The van der Waals surface area contributed by atoms with Crippen molar-refractivity contribution in [1.82, 2.24) is 4.67 Å². The third-order valence-corrected chi connectivity index (χ3v) is 3.74. The molecule has 0 saturated carbocycles. The van der Waals surface area contributed by atoms with E-state index in [-0.39, 0.29) is 5.92 Å². The number of nitrogens with zero attached hydrogens (tertiary/aromatic N) is 1. The Morgan fingerprint density at radius 2 is 2.50 bits per heavy atom. The summed E-state index contributed by atoms with van der Waals surface area (Å²) in [6.45, 7) is 0.869. The number of rotatable bonds is 1. The maximum atomic E-state index is 11.6. The van der Waals surface area contributed by atoms with Crippen LogP contribution in [-0.2, 0) is 13.6 Å². The van der Waals surface area contributed by atoms with E-state index in [1.54, 1.807) is 7.05 Å². The van der Waals surface area contributed by atoms with Gasteiger partial charge in [-0.15, -0.1) is 6.42 Å². The first kappa shape index (κ1) is 9.76. The van der Waals surface area contributed by atoms with Crippen molar-refractivity contribution >= 4 is 7.75 Å². The fourth-order valence-electron chi connectivity index (χ4n) is 1.05. The van der Waals surface area contributed by atoms with Crippen LogP contribution in [0.1, 0.15) is 0 Å². The van der Waals surface area contributed by atoms with E-state index in [0.717, 1.165) is 0 Å². The van der Waals surface area contributed by atoms with Crippen molar-refractivity contribution in [3.8, 4) is 12.3 Å². The molecule has 0 amide bonds. The summed E-state index contributed by atoms with van der Waals surface area (Å²) in [4.78, 5) is 0. The van der Waals surface area contributed by atoms with Crippen LogP contribution in [0.3, 0.4) is 0 Å². The highest BCUT2D eigenvalue weighted by molar-refractivity contribution is 7.51. The van der Waals surface area contributed by atoms with Crippen LogP contribution in [0.5, 0.6) is 0 Å². The first-order valence-electron chi connectivity index (χ1n) is 3.60. The minimum atomic E-state index is -3.00. The summed E-state index contributed by atoms with van der Waals surface area (Å²) >= 11 is 0. The van der Waals surface area contributed by atoms with E-state index in [1.165, 1.54) is 11.8 Å². The lowest BCUT2D eigenvalue weighted by atomic mass is 10.2. The van der Waals surface area contributed by atoms with E-state index in [2.05, 4.69) is 5.92 Å². The van der Waals surface area contributed by atoms with Gasteiger partial charge in [0.2, 0.25) is 0 Å². The highest BCUT2D eigenvalue weighted by Crippen LogP contribution is 2.52. The molecule has 0 bridgehead atoms. The van der Waals surface area contributed by atoms with Crippen molar-refractivity contribution in [3.05, 3.63) is 0 Å². The summed E-state index contributed by atoms with van der Waals surface area (Å²) < 4.78 is 23.0. The molecule has 0 radical (unpaired) electrons. The first-order chi connectivity index (χ1) is 5.62. The lowest BCUT2D eigenvalue weighted by molar-refractivity contribution is 0.133. The Morgan fingerprint density at radius 3 is 2.92 bits per heavy atom. The molecule has 0 aromatic carbocycles. The fraction of sp³-hybridized carbons (Fsp3) is 0.714. The van der Waals surface area contributed by atoms with Crippen LogP contribution in [0.2, 0.25) is 0 Å². The van der Waals surface area contributed by atoms with Crippen molar-refractivity contribution in [2.45, 2.75) is 0 Å². The minimum absolute atomic E-state index is 0.00669. The van der Waals surface area contributed by atoms with Gasteiger partial charge >= 0.3 is 7.75 Å². The van der Waals surface area contributed by atoms with E-state index in [4.69, 9.17) is 15.5 Å². The molecule has 2 unspecified atom stereocenters. The molecule has 5 heteroatoms. The Bertz CT molecular complexity index is 248. The van der Waals surface area contributed by atoms with Gasteiger partial charge in [0.25, 0.3) is 0 Å². The molecular formula is C7H12NO3P. The predicted molar refractivity (Wildman–Crippen MR) is 45.5 cm³/mol. The quantitative estimate of drug-likeness (QED) is 0.454. The maximum Gasteiger partial charge on any atom is 0.407 e. The molecule has 0 aromatic heterocycles. The van der Waals surface area contributed by atoms with Gasteiger partial charge in [0.05, 0.1) is 12.5 Å². The van der Waals surface area contributed by atoms with Gasteiger partial charge in [-0.2, -0.15) is 0 Å². The lowest BCUT2D eigenvalue weighted by Gasteiger charge is -2.32. The van der Waals surface area contributed by atoms with E-state index < -0.39 is 7.75 Å². The first-order valence-corrected chi connectivity index (χ1v) is 5.10. The van der Waals surface area contributed by atoms with Gasteiger partial charge in [-0.25, -0.2) is 9.24 Å². The van der Waals surface area contributed by atoms with Crippen LogP contribution in [0.4, 0.5) is 0 Å². The van der Waals surface area contributed by atoms with Gasteiger partial charge in [-0.3, -0.25) is 9.05 Å². The minimum Gasteiger partial charge on any atom is -0.300 e. The van der Waals surface area contributed by atoms with Gasteiger partial charge in [-0.05, 0) is 7.05 Å². The van der Waals surface area contributed by atoms with E-state index in [9.17, 15) is 4.57 Å². The highest BCUT2D eigenvalue weighted by Gasteiger charge is 2.36. The van der Waals surface area contributed by atoms with Gasteiger partial charge < -0.3 is 0 Å². The smallest absolute Gasteiger partial charge is 0.300 e. The summed E-state index contributed by atoms with van der Waals surface area (Å²) in [5, 5.41) is 0. The molecule has 1 fully saturated rings. The van der Waals surface area contributed by atoms with Gasteiger partial charge in [0.1, 0.15) is 0 Å². The van der Waals surface area contributed by atoms with Crippen molar-refractivity contribution in [3.63, 3.8) is 0 Å². The molecule has 0 spiro atoms. The van der Waals surface area contributed by atoms with Crippen LogP contribution in [-0.4, -0.2) is 32.0 Å². The zero-order chi connectivity index (χ0) is 9.19. The Hall–Kier alpha value is -0.330. The van der Waals surface area contributed by atoms with Crippen molar-refractivity contribution in [2.75, 3.05) is 27.3 Å². The van der Waals surface area contributed by atoms with Gasteiger partial charge in [0, 0.05) is 13.7 Å². The zero-order valence-corrected chi connectivity index (χ0v) is 8.08. The van der Waals surface area contributed by atoms with Crippen LogP contribution in [0.15, 0.2) is 0 Å². The summed E-state index contributed by atoms with van der Waals surface area (Å²) in [5.74, 6) is 2.56. The zero-order valence-electron chi connectivity index (χ0n) is 7.19. The highest BCUT2D eigenvalue weighted by atomic mass is 31.2. The van der Waals surface area contributed by atoms with Crippen LogP contribution < -0.4 is 0 Å². The summed E-state index contributed by atoms with van der Waals surface area (Å²) in [6.07, 6.45) is 5.21. The van der Waals surface area contributed by atoms with Crippen molar-refractivity contribution in [2.24, 2.45) is 5.92 Å². The van der Waals surface area contributed by atoms with Crippen LogP contribution in [0, 0.1) is 18.3 Å². The van der Waals surface area contributed by atoms with Crippen LogP contribution in [0.25, 0.3) is 0 Å². The van der Waals surface area contributed by atoms with E-state index in [1.807, 2.05) is 0 Å². The molecular weight excluding hydrogens is 177 g/mol. The Balaban J connectivity index is 2.67. The molecule has 2 atom stereocenters. The van der Waals surface area contributed by atoms with Crippen molar-refractivity contribution < 1.29 is 13.6 Å². The Morgan fingerprint density at radius 1 is 1.83 bits per heavy atom. The monoisotopic (exact) mass is 189 g/mol. The largest absolute Gasteiger partial charge is 0.407 e. The number of terminal acetylenes is 1. The average molecular weight is 189 g/mol. The van der Waals surface area contributed by atoms with E-state index >= 15 is 0 Å². The van der Waals surface area contributed by atoms with Gasteiger partial charge in [0.15, 0.2) is 0 Å². The second kappa shape index (κ2) is 3.59. The second-order valence-corrected chi connectivity index (χ2v) is 4.89. The molecule has 1 aliphatic heterocycles. The maximum absolute atomic E-state index is 11.6. The molecule has 0 aliphatic carbocycles. The molecule has 1 saturated heterocycles. The van der Waals surface area contributed by atoms with E-state index in [0.29, 0.717) is 13.2 Å². The van der Waals surface area contributed by atoms with Crippen LogP contribution >= 0.6 is 7.75 Å². The number of hydrogen-bond donors (Lipinski definition) is 0. The molecule has 1 heterocycles. The normalized spacial score (nSPS) is 37.6. The average Bonchev–Trinajstić information content (AvgIpc) is 2.10. The Labute approximate surface area is 72.4 Å². The molecule has 12 heavy (non-hydrogen) atoms. The summed E-state index contributed by atoms with van der Waals surface area (Å²) in [7, 11) is 0.0448. The molecule has 1 aliphatic rings. The summed E-state index contributed by atoms with van der Waals surface area (Å²) in [6, 6.07) is 0. The SMILES string of the molecule is C#CC1COP(=O)(OC)N(C)C1. The molecule has 4 nitrogen and oxygen atoms in total. The van der Waals surface area contributed by atoms with Crippen molar-refractivity contribution in [1.29, 1.82) is 0 Å². The summed E-state index contributed by atoms with van der Waals surface area (Å²) in [5.41, 5.74) is 0. The molecule has 1 rings (SSSR count). The molecule has 0 N–H and O–H groups in total.